The van der Waals surface area contributed by atoms with Crippen molar-refractivity contribution in [3.63, 3.8) is 0 Å². The fourth-order valence-corrected chi connectivity index (χ4v) is 4.22. The quantitative estimate of drug-likeness (QED) is 0.191. The van der Waals surface area contributed by atoms with E-state index in [0.29, 0.717) is 22.9 Å². The Bertz CT molecular complexity index is 1720. The summed E-state index contributed by atoms with van der Waals surface area (Å²) in [5.74, 6) is 2.65. The first-order valence-electron chi connectivity index (χ1n) is 11.9. The molecule has 0 bridgehead atoms. The molecule has 0 fully saturated rings. The molecule has 0 spiro atoms. The van der Waals surface area contributed by atoms with E-state index in [4.69, 9.17) is 23.7 Å². The number of benzene rings is 3. The molecule has 0 saturated carbocycles. The van der Waals surface area contributed by atoms with Crippen LogP contribution in [-0.4, -0.2) is 40.0 Å². The van der Waals surface area contributed by atoms with Crippen molar-refractivity contribution in [1.82, 2.24) is 19.6 Å². The lowest BCUT2D eigenvalue weighted by Gasteiger charge is -2.06. The highest BCUT2D eigenvalue weighted by Crippen LogP contribution is 2.42. The fourth-order valence-electron chi connectivity index (χ4n) is 4.22. The predicted octanol–water partition coefficient (Wildman–Crippen LogP) is 5.77. The molecule has 3 heterocycles. The number of hydrogen-bond acceptors (Lipinski definition) is 8. The predicted molar refractivity (Wildman–Crippen MR) is 143 cm³/mol. The Balaban J connectivity index is 1.43. The number of furan rings is 1. The second kappa shape index (κ2) is 10.1. The molecule has 0 N–H and O–H groups in total. The van der Waals surface area contributed by atoms with Crippen LogP contribution in [-0.2, 0) is 11.4 Å². The molecule has 9 nitrogen and oxygen atoms in total. The molecule has 0 aliphatic rings. The van der Waals surface area contributed by atoms with E-state index in [1.54, 1.807) is 31.3 Å². The van der Waals surface area contributed by atoms with Crippen molar-refractivity contribution in [2.24, 2.45) is 5.16 Å². The molecule has 0 atom stereocenters. The van der Waals surface area contributed by atoms with Crippen LogP contribution in [0.4, 0.5) is 0 Å². The summed E-state index contributed by atoms with van der Waals surface area (Å²) in [7, 11) is 3.28. The van der Waals surface area contributed by atoms with Gasteiger partial charge in [0, 0.05) is 11.1 Å². The first-order valence-corrected chi connectivity index (χ1v) is 11.9. The highest BCUT2D eigenvalue weighted by molar-refractivity contribution is 6.07. The summed E-state index contributed by atoms with van der Waals surface area (Å²) in [5, 5.41) is 9.32. The standard InChI is InChI=1S/C29H23N5O4/c1-35-22-12-8-20(9-13-22)25-26-28-32-24(17-37-31-16-19-6-4-3-5-7-19)33-34(28)18-30-29(26)38-27(25)21-10-14-23(36-2)15-11-21/h3-16,18H,17H2,1-2H3/b31-16+. The van der Waals surface area contributed by atoms with Gasteiger partial charge in [0.25, 0.3) is 0 Å². The average molecular weight is 506 g/mol. The Morgan fingerprint density at radius 1 is 0.868 bits per heavy atom. The molecule has 0 unspecified atom stereocenters. The van der Waals surface area contributed by atoms with Gasteiger partial charge in [0.05, 0.1) is 25.8 Å². The van der Waals surface area contributed by atoms with Crippen LogP contribution in [0.15, 0.2) is 94.8 Å². The topological polar surface area (TPSA) is 96.3 Å². The molecule has 188 valence electrons. The van der Waals surface area contributed by atoms with Crippen molar-refractivity contribution in [1.29, 1.82) is 0 Å². The Morgan fingerprint density at radius 2 is 1.55 bits per heavy atom. The SMILES string of the molecule is COc1ccc(-c2oc3ncn4nc(CO/N=C/c5ccccc5)nc4c3c2-c2ccc(OC)cc2)cc1. The van der Waals surface area contributed by atoms with Gasteiger partial charge in [0.1, 0.15) is 23.6 Å². The van der Waals surface area contributed by atoms with E-state index >= 15 is 0 Å². The number of oxime groups is 1. The van der Waals surface area contributed by atoms with Crippen LogP contribution >= 0.6 is 0 Å². The second-order valence-electron chi connectivity index (χ2n) is 8.40. The summed E-state index contributed by atoms with van der Waals surface area (Å²) in [4.78, 5) is 14.7. The Labute approximate surface area is 217 Å². The van der Waals surface area contributed by atoms with E-state index in [1.807, 2.05) is 78.9 Å². The number of fused-ring (bicyclic) bond motifs is 3. The summed E-state index contributed by atoms with van der Waals surface area (Å²) < 4.78 is 18.6. The molecule has 0 saturated heterocycles. The van der Waals surface area contributed by atoms with Gasteiger partial charge in [0.15, 0.2) is 18.1 Å². The van der Waals surface area contributed by atoms with Gasteiger partial charge < -0.3 is 18.7 Å². The van der Waals surface area contributed by atoms with Gasteiger partial charge in [-0.1, -0.05) is 47.6 Å². The first kappa shape index (κ1) is 23.2. The van der Waals surface area contributed by atoms with Crippen molar-refractivity contribution in [2.75, 3.05) is 14.2 Å². The zero-order chi connectivity index (χ0) is 25.9. The maximum atomic E-state index is 6.32. The average Bonchev–Trinajstić information content (AvgIpc) is 3.57. The molecule has 38 heavy (non-hydrogen) atoms. The number of nitrogens with zero attached hydrogens (tertiary/aromatic N) is 5. The van der Waals surface area contributed by atoms with Crippen molar-refractivity contribution in [3.8, 4) is 33.9 Å². The van der Waals surface area contributed by atoms with Crippen LogP contribution in [0.2, 0.25) is 0 Å². The highest BCUT2D eigenvalue weighted by atomic mass is 16.6. The largest absolute Gasteiger partial charge is 0.497 e. The van der Waals surface area contributed by atoms with Crippen molar-refractivity contribution in [3.05, 3.63) is 96.6 Å². The molecular formula is C29H23N5O4. The summed E-state index contributed by atoms with van der Waals surface area (Å²) >= 11 is 0. The van der Waals surface area contributed by atoms with E-state index in [-0.39, 0.29) is 6.61 Å². The van der Waals surface area contributed by atoms with E-state index in [0.717, 1.165) is 39.1 Å². The van der Waals surface area contributed by atoms with E-state index < -0.39 is 0 Å². The molecular weight excluding hydrogens is 482 g/mol. The normalized spacial score (nSPS) is 11.4. The van der Waals surface area contributed by atoms with E-state index in [2.05, 4.69) is 15.2 Å². The van der Waals surface area contributed by atoms with Crippen LogP contribution in [0.25, 0.3) is 39.2 Å². The molecule has 3 aromatic carbocycles. The Hall–Kier alpha value is -5.18. The van der Waals surface area contributed by atoms with Crippen molar-refractivity contribution >= 4 is 23.0 Å². The van der Waals surface area contributed by atoms with Crippen LogP contribution in [0.3, 0.4) is 0 Å². The maximum Gasteiger partial charge on any atom is 0.232 e. The minimum absolute atomic E-state index is 0.105. The third-order valence-electron chi connectivity index (χ3n) is 6.07. The van der Waals surface area contributed by atoms with Gasteiger partial charge >= 0.3 is 0 Å². The van der Waals surface area contributed by atoms with E-state index in [9.17, 15) is 0 Å². The van der Waals surface area contributed by atoms with Gasteiger partial charge in [-0.25, -0.2) is 14.5 Å². The van der Waals surface area contributed by atoms with Gasteiger partial charge in [-0.15, -0.1) is 5.10 Å². The van der Waals surface area contributed by atoms with Gasteiger partial charge in [-0.05, 0) is 47.5 Å². The summed E-state index contributed by atoms with van der Waals surface area (Å²) in [6.45, 7) is 0.105. The molecule has 0 aliphatic carbocycles. The number of aromatic nitrogens is 4. The minimum Gasteiger partial charge on any atom is -0.497 e. The first-order chi connectivity index (χ1) is 18.7. The molecule has 0 amide bonds. The summed E-state index contributed by atoms with van der Waals surface area (Å²) in [6.07, 6.45) is 3.23. The zero-order valence-corrected chi connectivity index (χ0v) is 20.7. The summed E-state index contributed by atoms with van der Waals surface area (Å²) in [5.41, 5.74) is 4.67. The molecule has 0 radical (unpaired) electrons. The molecule has 6 rings (SSSR count). The van der Waals surface area contributed by atoms with Crippen molar-refractivity contribution < 1.29 is 18.7 Å². The van der Waals surface area contributed by atoms with Crippen LogP contribution in [0.1, 0.15) is 11.4 Å². The smallest absolute Gasteiger partial charge is 0.232 e. The monoisotopic (exact) mass is 505 g/mol. The van der Waals surface area contributed by atoms with Crippen LogP contribution in [0, 0.1) is 0 Å². The summed E-state index contributed by atoms with van der Waals surface area (Å²) in [6, 6.07) is 25.2. The Kier molecular flexibility index (Phi) is 6.15. The lowest BCUT2D eigenvalue weighted by atomic mass is 9.99. The van der Waals surface area contributed by atoms with E-state index in [1.165, 1.54) is 0 Å². The lowest BCUT2D eigenvalue weighted by Crippen LogP contribution is -1.93. The molecule has 9 heteroatoms. The number of methoxy groups -OCH3 is 2. The van der Waals surface area contributed by atoms with Crippen molar-refractivity contribution in [2.45, 2.75) is 6.61 Å². The third-order valence-corrected chi connectivity index (χ3v) is 6.07. The second-order valence-corrected chi connectivity index (χ2v) is 8.40. The van der Waals surface area contributed by atoms with Crippen LogP contribution in [0.5, 0.6) is 11.5 Å². The molecule has 0 aliphatic heterocycles. The molecule has 3 aromatic heterocycles. The lowest BCUT2D eigenvalue weighted by molar-refractivity contribution is 0.126. The third kappa shape index (κ3) is 4.41. The van der Waals surface area contributed by atoms with Crippen LogP contribution < -0.4 is 9.47 Å². The number of rotatable bonds is 8. The van der Waals surface area contributed by atoms with Gasteiger partial charge in [0.2, 0.25) is 5.71 Å². The number of ether oxygens (including phenoxy) is 2. The molecule has 6 aromatic rings. The zero-order valence-electron chi connectivity index (χ0n) is 20.7. The Morgan fingerprint density at radius 3 is 2.24 bits per heavy atom. The minimum atomic E-state index is 0.105. The maximum absolute atomic E-state index is 6.32. The highest BCUT2D eigenvalue weighted by Gasteiger charge is 2.23. The van der Waals surface area contributed by atoms with Gasteiger partial charge in [-0.3, -0.25) is 0 Å². The number of hydrogen-bond donors (Lipinski definition) is 0. The van der Waals surface area contributed by atoms with Gasteiger partial charge in [-0.2, -0.15) is 0 Å². The fraction of sp³-hybridized carbons (Fsp3) is 0.103.